The van der Waals surface area contributed by atoms with Gasteiger partial charge in [0.2, 0.25) is 0 Å². The Morgan fingerprint density at radius 1 is 1.11 bits per heavy atom. The standard InChI is InChI=1S/C30H36O7/c1-17-11-23-28(34,26(17)33)15-21(16-36-19(3)31)12-22-25-27(4,5)29(25,14-18(2)30(22,23)35)37-24(32)13-20-9-7-6-8-10-20/h6-12,18,22-23,25,34-35H,13-16H2,1-5H3/t18-,22+,23-,25-,28+,29-,30+/m0/s1. The molecule has 0 heterocycles. The van der Waals surface area contributed by atoms with Gasteiger partial charge in [0, 0.05) is 36.5 Å². The minimum Gasteiger partial charge on any atom is -0.461 e. The number of aliphatic hydroxyl groups is 2. The summed E-state index contributed by atoms with van der Waals surface area (Å²) in [5.41, 5.74) is -2.64. The first-order chi connectivity index (χ1) is 17.3. The third-order valence-corrected chi connectivity index (χ3v) is 9.62. The predicted molar refractivity (Wildman–Crippen MR) is 135 cm³/mol. The van der Waals surface area contributed by atoms with E-state index in [-0.39, 0.29) is 31.3 Å². The number of Topliss-reactive ketones (excluding diaryl/α,β-unsaturated/α-hetero) is 1. The SMILES string of the molecule is CC(=O)OCC1=C[C@@H]2[C@H]3C(C)(C)[C@]3(OC(=O)Cc3ccccc3)C[C@H](C)[C@]2(O)[C@H]2C=C(C)C(=O)[C@@]2(O)C1. The number of rotatable bonds is 5. The quantitative estimate of drug-likeness (QED) is 0.464. The van der Waals surface area contributed by atoms with Gasteiger partial charge in [-0.25, -0.2) is 0 Å². The third-order valence-electron chi connectivity index (χ3n) is 9.62. The summed E-state index contributed by atoms with van der Waals surface area (Å²) in [5, 5.41) is 24.2. The molecule has 0 amide bonds. The number of ketones is 1. The minimum absolute atomic E-state index is 0.0307. The Labute approximate surface area is 217 Å². The van der Waals surface area contributed by atoms with Gasteiger partial charge in [0.15, 0.2) is 5.78 Å². The molecule has 0 saturated heterocycles. The van der Waals surface area contributed by atoms with Crippen molar-refractivity contribution in [3.8, 4) is 0 Å². The Morgan fingerprint density at radius 3 is 2.43 bits per heavy atom. The maximum Gasteiger partial charge on any atom is 0.310 e. The zero-order valence-corrected chi connectivity index (χ0v) is 22.1. The van der Waals surface area contributed by atoms with Gasteiger partial charge in [-0.15, -0.1) is 0 Å². The normalized spacial score (nSPS) is 39.3. The van der Waals surface area contributed by atoms with E-state index in [1.807, 2.05) is 57.2 Å². The molecule has 1 aromatic rings. The topological polar surface area (TPSA) is 110 Å². The van der Waals surface area contributed by atoms with Gasteiger partial charge in [0.25, 0.3) is 0 Å². The van der Waals surface area contributed by atoms with Gasteiger partial charge in [-0.3, -0.25) is 14.4 Å². The molecule has 0 unspecified atom stereocenters. The molecule has 2 saturated carbocycles. The predicted octanol–water partition coefficient (Wildman–Crippen LogP) is 3.32. The molecule has 37 heavy (non-hydrogen) atoms. The van der Waals surface area contributed by atoms with Crippen LogP contribution in [0.5, 0.6) is 0 Å². The Morgan fingerprint density at radius 2 is 1.78 bits per heavy atom. The fourth-order valence-corrected chi connectivity index (χ4v) is 7.78. The fraction of sp³-hybridized carbons (Fsp3) is 0.567. The first-order valence-corrected chi connectivity index (χ1v) is 13.0. The highest BCUT2D eigenvalue weighted by Crippen LogP contribution is 2.76. The van der Waals surface area contributed by atoms with Crippen LogP contribution >= 0.6 is 0 Å². The van der Waals surface area contributed by atoms with Crippen LogP contribution in [0, 0.1) is 29.1 Å². The van der Waals surface area contributed by atoms with E-state index in [1.165, 1.54) is 6.92 Å². The van der Waals surface area contributed by atoms with Gasteiger partial charge in [-0.2, -0.15) is 0 Å². The van der Waals surface area contributed by atoms with Crippen molar-refractivity contribution < 1.29 is 34.1 Å². The second-order valence-corrected chi connectivity index (χ2v) is 12.1. The lowest BCUT2D eigenvalue weighted by Crippen LogP contribution is -2.61. The van der Waals surface area contributed by atoms with Crippen molar-refractivity contribution in [2.24, 2.45) is 29.1 Å². The molecular formula is C30H36O7. The zero-order chi connectivity index (χ0) is 27.0. The third kappa shape index (κ3) is 3.65. The molecule has 7 heteroatoms. The number of esters is 2. The van der Waals surface area contributed by atoms with Crippen LogP contribution in [0.3, 0.4) is 0 Å². The summed E-state index contributed by atoms with van der Waals surface area (Å²) in [6.07, 6.45) is 4.12. The van der Waals surface area contributed by atoms with E-state index in [0.29, 0.717) is 17.6 Å². The number of carbonyl (C=O) groups is 3. The maximum atomic E-state index is 13.2. The van der Waals surface area contributed by atoms with Crippen molar-refractivity contribution in [3.63, 3.8) is 0 Å². The van der Waals surface area contributed by atoms with Crippen LogP contribution in [0.4, 0.5) is 0 Å². The Balaban J connectivity index is 1.54. The molecule has 1 aromatic carbocycles. The summed E-state index contributed by atoms with van der Waals surface area (Å²) in [4.78, 5) is 37.9. The lowest BCUT2D eigenvalue weighted by molar-refractivity contribution is -0.186. The fourth-order valence-electron chi connectivity index (χ4n) is 7.78. The average Bonchev–Trinajstić information content (AvgIpc) is 3.22. The van der Waals surface area contributed by atoms with Crippen LogP contribution in [0.15, 0.2) is 53.6 Å². The van der Waals surface area contributed by atoms with Crippen LogP contribution in [-0.2, 0) is 30.3 Å². The van der Waals surface area contributed by atoms with Crippen molar-refractivity contribution in [1.82, 2.24) is 0 Å². The van der Waals surface area contributed by atoms with E-state index >= 15 is 0 Å². The van der Waals surface area contributed by atoms with Crippen molar-refractivity contribution in [2.75, 3.05) is 6.61 Å². The average molecular weight is 509 g/mol. The van der Waals surface area contributed by atoms with E-state index in [0.717, 1.165) is 5.56 Å². The van der Waals surface area contributed by atoms with Crippen molar-refractivity contribution >= 4 is 17.7 Å². The first kappa shape index (κ1) is 25.9. The van der Waals surface area contributed by atoms with E-state index in [9.17, 15) is 24.6 Å². The maximum absolute atomic E-state index is 13.2. The molecule has 198 valence electrons. The summed E-state index contributed by atoms with van der Waals surface area (Å²) in [5.74, 6) is -3.17. The molecule has 5 rings (SSSR count). The summed E-state index contributed by atoms with van der Waals surface area (Å²) in [6, 6.07) is 9.44. The van der Waals surface area contributed by atoms with Crippen LogP contribution < -0.4 is 0 Å². The number of hydrogen-bond donors (Lipinski definition) is 2. The van der Waals surface area contributed by atoms with Gasteiger partial charge in [-0.1, -0.05) is 63.3 Å². The Bertz CT molecular complexity index is 1210. The van der Waals surface area contributed by atoms with E-state index in [1.54, 1.807) is 13.0 Å². The Kier molecular flexibility index (Phi) is 5.85. The number of carbonyl (C=O) groups excluding carboxylic acids is 3. The summed E-state index contributed by atoms with van der Waals surface area (Å²) in [6.45, 7) is 8.88. The van der Waals surface area contributed by atoms with Crippen LogP contribution in [0.25, 0.3) is 0 Å². The molecule has 7 nitrogen and oxygen atoms in total. The van der Waals surface area contributed by atoms with Gasteiger partial charge in [0.1, 0.15) is 17.8 Å². The monoisotopic (exact) mass is 508 g/mol. The first-order valence-electron chi connectivity index (χ1n) is 13.0. The molecule has 7 atom stereocenters. The number of fused-ring (bicyclic) bond motifs is 5. The summed E-state index contributed by atoms with van der Waals surface area (Å²) in [7, 11) is 0. The smallest absolute Gasteiger partial charge is 0.310 e. The highest BCUT2D eigenvalue weighted by atomic mass is 16.6. The molecule has 2 fully saturated rings. The highest BCUT2D eigenvalue weighted by Gasteiger charge is 2.83. The molecule has 0 aliphatic heterocycles. The van der Waals surface area contributed by atoms with E-state index in [4.69, 9.17) is 9.47 Å². The molecule has 2 N–H and O–H groups in total. The molecular weight excluding hydrogens is 472 g/mol. The number of ether oxygens (including phenoxy) is 2. The summed E-state index contributed by atoms with van der Waals surface area (Å²) >= 11 is 0. The lowest BCUT2D eigenvalue weighted by atomic mass is 9.60. The second-order valence-electron chi connectivity index (χ2n) is 12.1. The molecule has 0 aromatic heterocycles. The van der Waals surface area contributed by atoms with Gasteiger partial charge >= 0.3 is 11.9 Å². The van der Waals surface area contributed by atoms with Crippen molar-refractivity contribution in [2.45, 2.75) is 70.7 Å². The van der Waals surface area contributed by atoms with Gasteiger partial charge in [-0.05, 0) is 36.0 Å². The lowest BCUT2D eigenvalue weighted by Gasteiger charge is -2.50. The van der Waals surface area contributed by atoms with Crippen LogP contribution in [-0.4, -0.2) is 51.3 Å². The van der Waals surface area contributed by atoms with Gasteiger partial charge in [0.05, 0.1) is 12.0 Å². The van der Waals surface area contributed by atoms with E-state index in [2.05, 4.69) is 0 Å². The van der Waals surface area contributed by atoms with E-state index < -0.39 is 51.7 Å². The molecule has 0 spiro atoms. The van der Waals surface area contributed by atoms with Crippen molar-refractivity contribution in [1.29, 1.82) is 0 Å². The highest BCUT2D eigenvalue weighted by molar-refractivity contribution is 6.04. The zero-order valence-electron chi connectivity index (χ0n) is 22.1. The molecule has 0 radical (unpaired) electrons. The molecule has 4 aliphatic rings. The second kappa shape index (κ2) is 8.37. The van der Waals surface area contributed by atoms with Crippen molar-refractivity contribution in [3.05, 3.63) is 59.2 Å². The largest absolute Gasteiger partial charge is 0.461 e. The Hall–Kier alpha value is -2.77. The number of hydrogen-bond acceptors (Lipinski definition) is 7. The summed E-state index contributed by atoms with van der Waals surface area (Å²) < 4.78 is 11.6. The molecule has 4 aliphatic carbocycles. The van der Waals surface area contributed by atoms with Crippen LogP contribution in [0.2, 0.25) is 0 Å². The minimum atomic E-state index is -1.82. The van der Waals surface area contributed by atoms with Gasteiger partial charge < -0.3 is 19.7 Å². The number of benzene rings is 1. The molecule has 0 bridgehead atoms. The van der Waals surface area contributed by atoms with Crippen LogP contribution in [0.1, 0.15) is 53.0 Å².